The normalized spacial score (nSPS) is 9.67. The van der Waals surface area contributed by atoms with Crippen molar-refractivity contribution in [3.63, 3.8) is 0 Å². The lowest BCUT2D eigenvalue weighted by atomic mass is 10.2. The largest absolute Gasteiger partial charge is 0.492 e. The summed E-state index contributed by atoms with van der Waals surface area (Å²) in [7, 11) is 0. The SMILES string of the molecule is C#CCCCOc1ccc(CO)cc1Cl. The second kappa shape index (κ2) is 6.34. The average Bonchev–Trinajstić information content (AvgIpc) is 2.26. The van der Waals surface area contributed by atoms with Crippen molar-refractivity contribution in [1.29, 1.82) is 0 Å². The molecule has 0 aromatic heterocycles. The van der Waals surface area contributed by atoms with Gasteiger partial charge in [-0.25, -0.2) is 0 Å². The minimum absolute atomic E-state index is 0.0168. The zero-order chi connectivity index (χ0) is 11.1. The van der Waals surface area contributed by atoms with Gasteiger partial charge in [-0.2, -0.15) is 0 Å². The van der Waals surface area contributed by atoms with Gasteiger partial charge in [0.05, 0.1) is 18.2 Å². The molecule has 2 nitrogen and oxygen atoms in total. The van der Waals surface area contributed by atoms with Gasteiger partial charge in [0.25, 0.3) is 0 Å². The van der Waals surface area contributed by atoms with Crippen LogP contribution in [0.3, 0.4) is 0 Å². The molecule has 0 heterocycles. The van der Waals surface area contributed by atoms with Crippen molar-refractivity contribution in [2.45, 2.75) is 19.4 Å². The number of hydrogen-bond acceptors (Lipinski definition) is 2. The number of aliphatic hydroxyl groups excluding tert-OH is 1. The molecule has 0 aliphatic heterocycles. The molecular formula is C12H13ClO2. The van der Waals surface area contributed by atoms with E-state index in [9.17, 15) is 0 Å². The summed E-state index contributed by atoms with van der Waals surface area (Å²) >= 11 is 5.94. The first kappa shape index (κ1) is 11.9. The van der Waals surface area contributed by atoms with Gasteiger partial charge in [0, 0.05) is 6.42 Å². The standard InChI is InChI=1S/C12H13ClO2/c1-2-3-4-7-15-12-6-5-10(9-14)8-11(12)13/h1,5-6,8,14H,3-4,7,9H2. The topological polar surface area (TPSA) is 29.5 Å². The molecule has 0 aliphatic rings. The minimum atomic E-state index is -0.0168. The molecule has 1 rings (SSSR count). The maximum Gasteiger partial charge on any atom is 0.137 e. The molecule has 0 fully saturated rings. The van der Waals surface area contributed by atoms with Crippen molar-refractivity contribution in [3.8, 4) is 18.1 Å². The van der Waals surface area contributed by atoms with Crippen LogP contribution in [0.4, 0.5) is 0 Å². The molecule has 0 spiro atoms. The van der Waals surface area contributed by atoms with Crippen molar-refractivity contribution in [1.82, 2.24) is 0 Å². The number of rotatable bonds is 5. The van der Waals surface area contributed by atoms with Crippen LogP contribution in [0.1, 0.15) is 18.4 Å². The predicted octanol–water partition coefficient (Wildman–Crippen LogP) is 2.62. The first-order chi connectivity index (χ1) is 7.27. The molecule has 0 saturated carbocycles. The van der Waals surface area contributed by atoms with Crippen LogP contribution >= 0.6 is 11.6 Å². The highest BCUT2D eigenvalue weighted by Crippen LogP contribution is 2.25. The number of ether oxygens (including phenoxy) is 1. The number of unbranched alkanes of at least 4 members (excludes halogenated alkanes) is 1. The van der Waals surface area contributed by atoms with Crippen molar-refractivity contribution in [3.05, 3.63) is 28.8 Å². The van der Waals surface area contributed by atoms with Gasteiger partial charge in [-0.05, 0) is 24.1 Å². The number of benzene rings is 1. The van der Waals surface area contributed by atoms with E-state index in [1.807, 2.05) is 0 Å². The third kappa shape index (κ3) is 3.83. The number of terminal acetylenes is 1. The second-order valence-electron chi connectivity index (χ2n) is 3.08. The van der Waals surface area contributed by atoms with Gasteiger partial charge in [-0.3, -0.25) is 0 Å². The maximum absolute atomic E-state index is 8.88. The molecule has 0 aliphatic carbocycles. The quantitative estimate of drug-likeness (QED) is 0.616. The van der Waals surface area contributed by atoms with Gasteiger partial charge in [-0.15, -0.1) is 12.3 Å². The van der Waals surface area contributed by atoms with E-state index >= 15 is 0 Å². The molecule has 3 heteroatoms. The van der Waals surface area contributed by atoms with E-state index < -0.39 is 0 Å². The second-order valence-corrected chi connectivity index (χ2v) is 3.49. The Morgan fingerprint density at radius 2 is 2.27 bits per heavy atom. The van der Waals surface area contributed by atoms with Gasteiger partial charge < -0.3 is 9.84 Å². The molecule has 1 aromatic rings. The van der Waals surface area contributed by atoms with Crippen LogP contribution in [0, 0.1) is 12.3 Å². The monoisotopic (exact) mass is 224 g/mol. The fraction of sp³-hybridized carbons (Fsp3) is 0.333. The average molecular weight is 225 g/mol. The van der Waals surface area contributed by atoms with Crippen molar-refractivity contribution in [2.75, 3.05) is 6.61 Å². The summed E-state index contributed by atoms with van der Waals surface area (Å²) in [6.45, 7) is 0.541. The van der Waals surface area contributed by atoms with Crippen LogP contribution in [-0.2, 0) is 6.61 Å². The Hall–Kier alpha value is -1.17. The van der Waals surface area contributed by atoms with Crippen molar-refractivity contribution < 1.29 is 9.84 Å². The van der Waals surface area contributed by atoms with Gasteiger partial charge in [-0.1, -0.05) is 17.7 Å². The Morgan fingerprint density at radius 1 is 1.47 bits per heavy atom. The van der Waals surface area contributed by atoms with E-state index in [0.29, 0.717) is 23.8 Å². The fourth-order valence-corrected chi connectivity index (χ4v) is 1.37. The lowest BCUT2D eigenvalue weighted by molar-refractivity contribution is 0.281. The Morgan fingerprint density at radius 3 is 2.87 bits per heavy atom. The number of halogens is 1. The minimum Gasteiger partial charge on any atom is -0.492 e. The zero-order valence-electron chi connectivity index (χ0n) is 8.37. The van der Waals surface area contributed by atoms with Crippen LogP contribution in [0.2, 0.25) is 5.02 Å². The summed E-state index contributed by atoms with van der Waals surface area (Å²) in [6.07, 6.45) is 6.63. The van der Waals surface area contributed by atoms with Crippen molar-refractivity contribution >= 4 is 11.6 Å². The summed E-state index contributed by atoms with van der Waals surface area (Å²) in [6, 6.07) is 5.23. The van der Waals surface area contributed by atoms with Gasteiger partial charge in [0.15, 0.2) is 0 Å². The Labute approximate surface area is 94.8 Å². The van der Waals surface area contributed by atoms with E-state index in [0.717, 1.165) is 12.0 Å². The fourth-order valence-electron chi connectivity index (χ4n) is 1.12. The van der Waals surface area contributed by atoms with E-state index in [2.05, 4.69) is 5.92 Å². The number of aliphatic hydroxyl groups is 1. The Kier molecular flexibility index (Phi) is 5.03. The summed E-state index contributed by atoms with van der Waals surface area (Å²) < 4.78 is 5.43. The first-order valence-electron chi connectivity index (χ1n) is 4.73. The van der Waals surface area contributed by atoms with Crippen molar-refractivity contribution in [2.24, 2.45) is 0 Å². The van der Waals surface area contributed by atoms with Crippen LogP contribution < -0.4 is 4.74 Å². The van der Waals surface area contributed by atoms with Crippen LogP contribution in [-0.4, -0.2) is 11.7 Å². The Balaban J connectivity index is 2.51. The molecule has 0 unspecified atom stereocenters. The van der Waals surface area contributed by atoms with Gasteiger partial charge in [0.2, 0.25) is 0 Å². The zero-order valence-corrected chi connectivity index (χ0v) is 9.13. The molecule has 0 radical (unpaired) electrons. The molecule has 1 N–H and O–H groups in total. The summed E-state index contributed by atoms with van der Waals surface area (Å²) in [4.78, 5) is 0. The molecule has 15 heavy (non-hydrogen) atoms. The first-order valence-corrected chi connectivity index (χ1v) is 5.11. The van der Waals surface area contributed by atoms with Gasteiger partial charge in [0.1, 0.15) is 5.75 Å². The third-order valence-corrected chi connectivity index (χ3v) is 2.20. The van der Waals surface area contributed by atoms with Crippen LogP contribution in [0.15, 0.2) is 18.2 Å². The highest BCUT2D eigenvalue weighted by atomic mass is 35.5. The molecule has 0 saturated heterocycles. The highest BCUT2D eigenvalue weighted by molar-refractivity contribution is 6.32. The third-order valence-electron chi connectivity index (χ3n) is 1.90. The molecule has 0 bridgehead atoms. The summed E-state index contributed by atoms with van der Waals surface area (Å²) in [5.41, 5.74) is 0.774. The maximum atomic E-state index is 8.88. The number of hydrogen-bond donors (Lipinski definition) is 1. The molecule has 80 valence electrons. The van der Waals surface area contributed by atoms with Gasteiger partial charge >= 0.3 is 0 Å². The molecule has 0 amide bonds. The van der Waals surface area contributed by atoms with E-state index in [4.69, 9.17) is 27.9 Å². The lowest BCUT2D eigenvalue weighted by Crippen LogP contribution is -1.97. The lowest BCUT2D eigenvalue weighted by Gasteiger charge is -2.07. The Bertz CT molecular complexity index is 355. The van der Waals surface area contributed by atoms with Crippen LogP contribution in [0.25, 0.3) is 0 Å². The smallest absolute Gasteiger partial charge is 0.137 e. The molecule has 0 atom stereocenters. The predicted molar refractivity (Wildman–Crippen MR) is 60.9 cm³/mol. The van der Waals surface area contributed by atoms with E-state index in [1.54, 1.807) is 18.2 Å². The van der Waals surface area contributed by atoms with E-state index in [-0.39, 0.29) is 6.61 Å². The highest BCUT2D eigenvalue weighted by Gasteiger charge is 2.02. The molecule has 1 aromatic carbocycles. The summed E-state index contributed by atoms with van der Waals surface area (Å²) in [5.74, 6) is 3.17. The van der Waals surface area contributed by atoms with Crippen LogP contribution in [0.5, 0.6) is 5.75 Å². The molecular weight excluding hydrogens is 212 g/mol. The summed E-state index contributed by atoms with van der Waals surface area (Å²) in [5, 5.41) is 9.39. The van der Waals surface area contributed by atoms with E-state index in [1.165, 1.54) is 0 Å².